The molecule has 13 heavy (non-hydrogen) atoms. The van der Waals surface area contributed by atoms with Crippen molar-refractivity contribution in [1.29, 1.82) is 0 Å². The first-order valence-corrected chi connectivity index (χ1v) is 4.44. The highest BCUT2D eigenvalue weighted by molar-refractivity contribution is 5.10. The van der Waals surface area contributed by atoms with Gasteiger partial charge in [-0.3, -0.25) is 4.98 Å². The van der Waals surface area contributed by atoms with Crippen molar-refractivity contribution in [3.63, 3.8) is 0 Å². The van der Waals surface area contributed by atoms with Crippen LogP contribution in [0.15, 0.2) is 18.3 Å². The zero-order valence-corrected chi connectivity index (χ0v) is 7.87. The van der Waals surface area contributed by atoms with Crippen molar-refractivity contribution in [1.82, 2.24) is 4.98 Å². The Morgan fingerprint density at radius 2 is 2.23 bits per heavy atom. The first-order chi connectivity index (χ1) is 6.15. The van der Waals surface area contributed by atoms with Gasteiger partial charge in [0, 0.05) is 11.6 Å². The number of nitrogens with zero attached hydrogens (tertiary/aromatic N) is 1. The van der Waals surface area contributed by atoms with Gasteiger partial charge >= 0.3 is 0 Å². The van der Waals surface area contributed by atoms with Crippen LogP contribution in [0.2, 0.25) is 0 Å². The number of halogens is 1. The molecule has 0 aromatic carbocycles. The Bertz CT molecular complexity index is 260. The fourth-order valence-corrected chi connectivity index (χ4v) is 1.21. The third-order valence-corrected chi connectivity index (χ3v) is 2.21. The number of hydrogen-bond donors (Lipinski definition) is 1. The van der Waals surface area contributed by atoms with Gasteiger partial charge in [0.15, 0.2) is 0 Å². The predicted octanol–water partition coefficient (Wildman–Crippen LogP) is 2.10. The van der Waals surface area contributed by atoms with Gasteiger partial charge in [-0.25, -0.2) is 4.39 Å². The molecule has 2 atom stereocenters. The van der Waals surface area contributed by atoms with E-state index < -0.39 is 6.10 Å². The van der Waals surface area contributed by atoms with Gasteiger partial charge in [-0.2, -0.15) is 0 Å². The van der Waals surface area contributed by atoms with E-state index in [9.17, 15) is 9.50 Å². The standard InChI is InChI=1S/C10H14FNO/c1-3-10(13)7(2)9-5-4-8(11)6-12-9/h4-7,10,13H,3H2,1-2H3. The summed E-state index contributed by atoms with van der Waals surface area (Å²) in [5.41, 5.74) is 0.732. The summed E-state index contributed by atoms with van der Waals surface area (Å²) < 4.78 is 12.5. The Morgan fingerprint density at radius 1 is 1.54 bits per heavy atom. The second-order valence-electron chi connectivity index (χ2n) is 3.17. The largest absolute Gasteiger partial charge is 0.392 e. The lowest BCUT2D eigenvalue weighted by atomic mass is 9.98. The molecule has 1 aromatic rings. The molecule has 0 bridgehead atoms. The minimum atomic E-state index is -0.405. The highest BCUT2D eigenvalue weighted by Crippen LogP contribution is 2.18. The molecule has 0 spiro atoms. The van der Waals surface area contributed by atoms with Gasteiger partial charge in [0.05, 0.1) is 12.3 Å². The van der Waals surface area contributed by atoms with Crippen LogP contribution < -0.4 is 0 Å². The third kappa shape index (κ3) is 2.49. The molecule has 0 saturated carbocycles. The van der Waals surface area contributed by atoms with Gasteiger partial charge < -0.3 is 5.11 Å². The lowest BCUT2D eigenvalue weighted by Crippen LogP contribution is -2.15. The first kappa shape index (κ1) is 10.1. The van der Waals surface area contributed by atoms with Gasteiger partial charge in [0.2, 0.25) is 0 Å². The van der Waals surface area contributed by atoms with Crippen molar-refractivity contribution >= 4 is 0 Å². The van der Waals surface area contributed by atoms with E-state index in [1.54, 1.807) is 6.07 Å². The van der Waals surface area contributed by atoms with Crippen molar-refractivity contribution in [3.05, 3.63) is 29.8 Å². The van der Waals surface area contributed by atoms with Crippen LogP contribution in [0.3, 0.4) is 0 Å². The highest BCUT2D eigenvalue weighted by atomic mass is 19.1. The summed E-state index contributed by atoms with van der Waals surface area (Å²) >= 11 is 0. The lowest BCUT2D eigenvalue weighted by molar-refractivity contribution is 0.143. The maximum absolute atomic E-state index is 12.5. The summed E-state index contributed by atoms with van der Waals surface area (Å²) in [6, 6.07) is 2.97. The molecule has 72 valence electrons. The van der Waals surface area contributed by atoms with Crippen molar-refractivity contribution in [3.8, 4) is 0 Å². The predicted molar refractivity (Wildman–Crippen MR) is 48.9 cm³/mol. The summed E-state index contributed by atoms with van der Waals surface area (Å²) in [4.78, 5) is 3.91. The number of hydrogen-bond acceptors (Lipinski definition) is 2. The van der Waals surface area contributed by atoms with Gasteiger partial charge in [-0.1, -0.05) is 13.8 Å². The van der Waals surface area contributed by atoms with Gasteiger partial charge in [0.25, 0.3) is 0 Å². The summed E-state index contributed by atoms with van der Waals surface area (Å²) in [6.07, 6.45) is 1.45. The molecular formula is C10H14FNO. The minimum Gasteiger partial charge on any atom is -0.392 e. The Labute approximate surface area is 77.4 Å². The van der Waals surface area contributed by atoms with E-state index in [0.717, 1.165) is 5.69 Å². The van der Waals surface area contributed by atoms with Crippen LogP contribution in [-0.2, 0) is 0 Å². The van der Waals surface area contributed by atoms with E-state index in [2.05, 4.69) is 4.98 Å². The summed E-state index contributed by atoms with van der Waals surface area (Å²) in [5.74, 6) is -0.382. The number of aliphatic hydroxyl groups excluding tert-OH is 1. The molecule has 1 rings (SSSR count). The summed E-state index contributed by atoms with van der Waals surface area (Å²) in [7, 11) is 0. The Morgan fingerprint density at radius 3 is 2.69 bits per heavy atom. The van der Waals surface area contributed by atoms with Crippen molar-refractivity contribution in [2.24, 2.45) is 0 Å². The normalized spacial score (nSPS) is 15.4. The molecular weight excluding hydrogens is 169 g/mol. The second kappa shape index (κ2) is 4.33. The smallest absolute Gasteiger partial charge is 0.141 e. The van der Waals surface area contributed by atoms with Crippen molar-refractivity contribution in [2.75, 3.05) is 0 Å². The number of pyridine rings is 1. The molecule has 0 saturated heterocycles. The SMILES string of the molecule is CCC(O)C(C)c1ccc(F)cn1. The van der Waals surface area contributed by atoms with Crippen molar-refractivity contribution < 1.29 is 9.50 Å². The maximum atomic E-state index is 12.5. The quantitative estimate of drug-likeness (QED) is 0.778. The van der Waals surface area contributed by atoms with Crippen LogP contribution in [0.5, 0.6) is 0 Å². The molecule has 1 N–H and O–H groups in total. The molecule has 1 heterocycles. The highest BCUT2D eigenvalue weighted by Gasteiger charge is 2.15. The molecule has 3 heteroatoms. The van der Waals surface area contributed by atoms with Crippen molar-refractivity contribution in [2.45, 2.75) is 32.3 Å². The maximum Gasteiger partial charge on any atom is 0.141 e. The fraction of sp³-hybridized carbons (Fsp3) is 0.500. The van der Waals surface area contributed by atoms with E-state index in [0.29, 0.717) is 6.42 Å². The second-order valence-corrected chi connectivity index (χ2v) is 3.17. The molecule has 1 aromatic heterocycles. The topological polar surface area (TPSA) is 33.1 Å². The Hall–Kier alpha value is -0.960. The van der Waals surface area contributed by atoms with E-state index in [4.69, 9.17) is 0 Å². The van der Waals surface area contributed by atoms with E-state index >= 15 is 0 Å². The molecule has 0 radical (unpaired) electrons. The van der Waals surface area contributed by atoms with Crippen LogP contribution >= 0.6 is 0 Å². The van der Waals surface area contributed by atoms with Crippen LogP contribution in [0.1, 0.15) is 31.9 Å². The lowest BCUT2D eigenvalue weighted by Gasteiger charge is -2.16. The summed E-state index contributed by atoms with van der Waals surface area (Å²) in [5, 5.41) is 9.52. The summed E-state index contributed by atoms with van der Waals surface area (Å²) in [6.45, 7) is 3.79. The number of aromatic nitrogens is 1. The van der Waals surface area contributed by atoms with Crippen LogP contribution in [0.25, 0.3) is 0 Å². The molecule has 0 aliphatic heterocycles. The average Bonchev–Trinajstić information content (AvgIpc) is 2.17. The van der Waals surface area contributed by atoms with Gasteiger partial charge in [0.1, 0.15) is 5.82 Å². The monoisotopic (exact) mass is 183 g/mol. The van der Waals surface area contributed by atoms with E-state index in [-0.39, 0.29) is 11.7 Å². The zero-order chi connectivity index (χ0) is 9.84. The minimum absolute atomic E-state index is 0.0365. The third-order valence-electron chi connectivity index (χ3n) is 2.21. The first-order valence-electron chi connectivity index (χ1n) is 4.44. The zero-order valence-electron chi connectivity index (χ0n) is 7.87. The van der Waals surface area contributed by atoms with Crippen LogP contribution in [0, 0.1) is 5.82 Å². The van der Waals surface area contributed by atoms with Crippen LogP contribution in [0.4, 0.5) is 4.39 Å². The Balaban J connectivity index is 2.77. The van der Waals surface area contributed by atoms with E-state index in [1.165, 1.54) is 12.3 Å². The average molecular weight is 183 g/mol. The van der Waals surface area contributed by atoms with Crippen LogP contribution in [-0.4, -0.2) is 16.2 Å². The molecule has 2 nitrogen and oxygen atoms in total. The molecule has 2 unspecified atom stereocenters. The van der Waals surface area contributed by atoms with Gasteiger partial charge in [-0.15, -0.1) is 0 Å². The Kier molecular flexibility index (Phi) is 3.37. The van der Waals surface area contributed by atoms with Gasteiger partial charge in [-0.05, 0) is 18.6 Å². The number of aliphatic hydroxyl groups is 1. The molecule has 0 amide bonds. The molecule has 0 aliphatic carbocycles. The molecule has 0 fully saturated rings. The van der Waals surface area contributed by atoms with E-state index in [1.807, 2.05) is 13.8 Å². The molecule has 0 aliphatic rings. The number of rotatable bonds is 3. The fourth-order valence-electron chi connectivity index (χ4n) is 1.21.